The van der Waals surface area contributed by atoms with Crippen molar-refractivity contribution in [3.8, 4) is 0 Å². The highest BCUT2D eigenvalue weighted by Gasteiger charge is 2.32. The van der Waals surface area contributed by atoms with E-state index in [2.05, 4.69) is 20.5 Å². The lowest BCUT2D eigenvalue weighted by atomic mass is 10.2. The molecule has 3 rings (SSSR count). The molecule has 2 N–H and O–H groups in total. The second kappa shape index (κ2) is 6.21. The molecule has 8 nitrogen and oxygen atoms in total. The molecule has 2 heterocycles. The van der Waals surface area contributed by atoms with Gasteiger partial charge in [0.05, 0.1) is 30.0 Å². The van der Waals surface area contributed by atoms with Crippen LogP contribution in [0, 0.1) is 0 Å². The molecule has 1 aromatic heterocycles. The van der Waals surface area contributed by atoms with Crippen LogP contribution < -0.4 is 5.32 Å². The van der Waals surface area contributed by atoms with Gasteiger partial charge in [-0.2, -0.15) is 5.10 Å². The number of hydrogen-bond donors (Lipinski definition) is 2. The van der Waals surface area contributed by atoms with Gasteiger partial charge in [0.15, 0.2) is 5.17 Å². The van der Waals surface area contributed by atoms with Crippen molar-refractivity contribution >= 4 is 46.1 Å². The summed E-state index contributed by atoms with van der Waals surface area (Å²) in [5.74, 6) is -1.38. The summed E-state index contributed by atoms with van der Waals surface area (Å²) in [5, 5.41) is 18.7. The first-order valence-corrected chi connectivity index (χ1v) is 7.62. The predicted octanol–water partition coefficient (Wildman–Crippen LogP) is 0.969. The summed E-state index contributed by atoms with van der Waals surface area (Å²) in [6, 6.07) is 5.69. The maximum atomic E-state index is 11.6. The van der Waals surface area contributed by atoms with E-state index < -0.39 is 11.2 Å². The SMILES string of the molecule is Cn1cnc2ccc(C=NN=C3NC(=O)C(CC(=O)O)S3)cc21. The van der Waals surface area contributed by atoms with Crippen molar-refractivity contribution in [2.45, 2.75) is 11.7 Å². The predicted molar refractivity (Wildman–Crippen MR) is 87.5 cm³/mol. The smallest absolute Gasteiger partial charge is 0.305 e. The first-order valence-electron chi connectivity index (χ1n) is 6.74. The molecule has 0 bridgehead atoms. The van der Waals surface area contributed by atoms with E-state index in [-0.39, 0.29) is 12.3 Å². The largest absolute Gasteiger partial charge is 0.481 e. The molecule has 0 aliphatic carbocycles. The zero-order chi connectivity index (χ0) is 16.4. The fourth-order valence-corrected chi connectivity index (χ4v) is 3.03. The van der Waals surface area contributed by atoms with E-state index in [0.29, 0.717) is 5.17 Å². The Morgan fingerprint density at radius 3 is 3.17 bits per heavy atom. The van der Waals surface area contributed by atoms with Gasteiger partial charge in [0.25, 0.3) is 0 Å². The Labute approximate surface area is 135 Å². The van der Waals surface area contributed by atoms with E-state index in [9.17, 15) is 9.59 Å². The van der Waals surface area contributed by atoms with E-state index in [1.807, 2.05) is 29.8 Å². The maximum absolute atomic E-state index is 11.6. The van der Waals surface area contributed by atoms with E-state index in [0.717, 1.165) is 28.4 Å². The van der Waals surface area contributed by atoms with Crippen LogP contribution in [0.5, 0.6) is 0 Å². The lowest BCUT2D eigenvalue weighted by Crippen LogP contribution is -2.26. The lowest BCUT2D eigenvalue weighted by molar-refractivity contribution is -0.138. The first kappa shape index (κ1) is 15.2. The van der Waals surface area contributed by atoms with Crippen molar-refractivity contribution in [1.82, 2.24) is 14.9 Å². The molecule has 1 unspecified atom stereocenters. The summed E-state index contributed by atoms with van der Waals surface area (Å²) < 4.78 is 1.90. The molecule has 0 spiro atoms. The monoisotopic (exact) mass is 331 g/mol. The lowest BCUT2D eigenvalue weighted by Gasteiger charge is -1.98. The molecular formula is C14H13N5O3S. The van der Waals surface area contributed by atoms with Crippen LogP contribution in [0.3, 0.4) is 0 Å². The number of hydrogen-bond acceptors (Lipinski definition) is 6. The number of aliphatic carboxylic acids is 1. The third-order valence-corrected chi connectivity index (χ3v) is 4.31. The van der Waals surface area contributed by atoms with E-state index in [1.165, 1.54) is 0 Å². The number of carbonyl (C=O) groups is 2. The minimum absolute atomic E-state index is 0.240. The van der Waals surface area contributed by atoms with Crippen LogP contribution in [-0.2, 0) is 16.6 Å². The van der Waals surface area contributed by atoms with E-state index in [4.69, 9.17) is 5.11 Å². The van der Waals surface area contributed by atoms with Gasteiger partial charge in [0.2, 0.25) is 5.91 Å². The van der Waals surface area contributed by atoms with Crippen LogP contribution >= 0.6 is 11.8 Å². The second-order valence-electron chi connectivity index (χ2n) is 4.95. The average Bonchev–Trinajstić information content (AvgIpc) is 3.03. The van der Waals surface area contributed by atoms with Gasteiger partial charge in [-0.25, -0.2) is 4.98 Å². The summed E-state index contributed by atoms with van der Waals surface area (Å²) >= 11 is 1.07. The third kappa shape index (κ3) is 3.39. The van der Waals surface area contributed by atoms with Crippen molar-refractivity contribution in [3.63, 3.8) is 0 Å². The fraction of sp³-hybridized carbons (Fsp3) is 0.214. The molecule has 1 aliphatic heterocycles. The summed E-state index contributed by atoms with van der Waals surface area (Å²) in [7, 11) is 1.91. The Morgan fingerprint density at radius 2 is 2.39 bits per heavy atom. The standard InChI is InChI=1S/C14H13N5O3S/c1-19-7-15-9-3-2-8(4-10(9)19)6-16-18-14-17-13(22)11(23-14)5-12(20)21/h2-4,6-7,11H,5H2,1H3,(H,20,21)(H,17,18,22). The molecular weight excluding hydrogens is 318 g/mol. The number of amides is 1. The number of fused-ring (bicyclic) bond motifs is 1. The van der Waals surface area contributed by atoms with Gasteiger partial charge in [0.1, 0.15) is 5.25 Å². The van der Waals surface area contributed by atoms with Crippen LogP contribution in [0.15, 0.2) is 34.7 Å². The molecule has 1 aromatic carbocycles. The van der Waals surface area contributed by atoms with Gasteiger partial charge < -0.3 is 15.0 Å². The highest BCUT2D eigenvalue weighted by molar-refractivity contribution is 8.15. The number of carboxylic acids is 1. The summed E-state index contributed by atoms with van der Waals surface area (Å²) in [6.07, 6.45) is 3.06. The van der Waals surface area contributed by atoms with Crippen LogP contribution in [0.4, 0.5) is 0 Å². The number of nitrogens with one attached hydrogen (secondary N) is 1. The zero-order valence-electron chi connectivity index (χ0n) is 12.1. The minimum Gasteiger partial charge on any atom is -0.481 e. The number of nitrogens with zero attached hydrogens (tertiary/aromatic N) is 4. The van der Waals surface area contributed by atoms with Crippen molar-refractivity contribution in [2.75, 3.05) is 0 Å². The van der Waals surface area contributed by atoms with Crippen molar-refractivity contribution in [1.29, 1.82) is 0 Å². The number of imidazole rings is 1. The van der Waals surface area contributed by atoms with Gasteiger partial charge in [-0.1, -0.05) is 17.8 Å². The van der Waals surface area contributed by atoms with Gasteiger partial charge in [-0.15, -0.1) is 5.10 Å². The van der Waals surface area contributed by atoms with E-state index >= 15 is 0 Å². The quantitative estimate of drug-likeness (QED) is 0.641. The number of aryl methyl sites for hydroxylation is 1. The summed E-state index contributed by atoms with van der Waals surface area (Å²) in [6.45, 7) is 0. The molecule has 1 saturated heterocycles. The van der Waals surface area contributed by atoms with Gasteiger partial charge >= 0.3 is 5.97 Å². The van der Waals surface area contributed by atoms with Gasteiger partial charge in [0, 0.05) is 7.05 Å². The number of benzene rings is 1. The maximum Gasteiger partial charge on any atom is 0.305 e. The van der Waals surface area contributed by atoms with Crippen molar-refractivity contribution in [3.05, 3.63) is 30.1 Å². The Kier molecular flexibility index (Phi) is 4.11. The number of thioether (sulfide) groups is 1. The Bertz CT molecular complexity index is 842. The number of carboxylic acid groups (broad SMARTS) is 1. The van der Waals surface area contributed by atoms with Crippen LogP contribution in [-0.4, -0.2) is 43.2 Å². The normalized spacial score (nSPS) is 19.8. The molecule has 2 aromatic rings. The Morgan fingerprint density at radius 1 is 1.57 bits per heavy atom. The van der Waals surface area contributed by atoms with Gasteiger partial charge in [-0.05, 0) is 17.7 Å². The molecule has 0 saturated carbocycles. The Hall–Kier alpha value is -2.68. The van der Waals surface area contributed by atoms with Crippen LogP contribution in [0.1, 0.15) is 12.0 Å². The van der Waals surface area contributed by atoms with Gasteiger partial charge in [-0.3, -0.25) is 9.59 Å². The van der Waals surface area contributed by atoms with Crippen LogP contribution in [0.25, 0.3) is 11.0 Å². The average molecular weight is 331 g/mol. The summed E-state index contributed by atoms with van der Waals surface area (Å²) in [4.78, 5) is 26.5. The number of amidine groups is 1. The second-order valence-corrected chi connectivity index (χ2v) is 6.14. The zero-order valence-corrected chi connectivity index (χ0v) is 12.9. The summed E-state index contributed by atoms with van der Waals surface area (Å²) in [5.41, 5.74) is 2.72. The van der Waals surface area contributed by atoms with Crippen LogP contribution in [0.2, 0.25) is 0 Å². The number of aromatic nitrogens is 2. The number of rotatable bonds is 4. The van der Waals surface area contributed by atoms with E-state index in [1.54, 1.807) is 12.5 Å². The third-order valence-electron chi connectivity index (χ3n) is 3.24. The van der Waals surface area contributed by atoms with Crippen molar-refractivity contribution < 1.29 is 14.7 Å². The molecule has 1 atom stereocenters. The minimum atomic E-state index is -1.02. The molecule has 0 radical (unpaired) electrons. The highest BCUT2D eigenvalue weighted by Crippen LogP contribution is 2.22. The molecule has 1 fully saturated rings. The topological polar surface area (TPSA) is 109 Å². The highest BCUT2D eigenvalue weighted by atomic mass is 32.2. The van der Waals surface area contributed by atoms with Crippen molar-refractivity contribution in [2.24, 2.45) is 17.3 Å². The molecule has 9 heteroatoms. The molecule has 23 heavy (non-hydrogen) atoms. The Balaban J connectivity index is 1.71. The fourth-order valence-electron chi connectivity index (χ4n) is 2.12. The number of carbonyl (C=O) groups excluding carboxylic acids is 1. The molecule has 118 valence electrons. The molecule has 1 amide bonds. The first-order chi connectivity index (χ1) is 11.0. The molecule has 1 aliphatic rings.